The van der Waals surface area contributed by atoms with Crippen LogP contribution in [0.3, 0.4) is 0 Å². The van der Waals surface area contributed by atoms with E-state index >= 15 is 0 Å². The van der Waals surface area contributed by atoms with Crippen LogP contribution < -0.4 is 10.3 Å². The Morgan fingerprint density at radius 3 is 2.67 bits per heavy atom. The van der Waals surface area contributed by atoms with Crippen molar-refractivity contribution in [2.45, 2.75) is 32.3 Å². The number of ether oxygens (including phenoxy) is 1. The summed E-state index contributed by atoms with van der Waals surface area (Å²) in [5.74, 6) is -0.304. The van der Waals surface area contributed by atoms with Crippen LogP contribution in [0.5, 0.6) is 5.75 Å². The van der Waals surface area contributed by atoms with E-state index in [1.54, 1.807) is 6.07 Å². The molecule has 178 valence electrons. The maximum Gasteiger partial charge on any atom is 0.573 e. The van der Waals surface area contributed by atoms with E-state index in [-0.39, 0.29) is 37.4 Å². The van der Waals surface area contributed by atoms with E-state index in [2.05, 4.69) is 9.72 Å². The molecule has 0 bridgehead atoms. The lowest BCUT2D eigenvalue weighted by Gasteiger charge is -2.28. The van der Waals surface area contributed by atoms with Crippen LogP contribution in [-0.4, -0.2) is 53.6 Å². The quantitative estimate of drug-likeness (QED) is 0.518. The summed E-state index contributed by atoms with van der Waals surface area (Å²) in [6, 6.07) is 5.80. The first-order valence-electron chi connectivity index (χ1n) is 9.98. The van der Waals surface area contributed by atoms with Crippen LogP contribution in [-0.2, 0) is 36.1 Å². The van der Waals surface area contributed by atoms with Crippen molar-refractivity contribution in [2.24, 2.45) is 0 Å². The molecule has 0 N–H and O–H groups in total. The summed E-state index contributed by atoms with van der Waals surface area (Å²) in [4.78, 5) is 18.8. The number of aromatic nitrogens is 2. The molecule has 0 saturated heterocycles. The molecule has 0 radical (unpaired) electrons. The normalized spacial score (nSPS) is 15.2. The summed E-state index contributed by atoms with van der Waals surface area (Å²) >= 11 is 1.28. The lowest BCUT2D eigenvalue weighted by molar-refractivity contribution is -0.274. The average Bonchev–Trinajstić information content (AvgIpc) is 3.11. The predicted octanol–water partition coefficient (Wildman–Crippen LogP) is 2.76. The minimum absolute atomic E-state index is 0.117. The van der Waals surface area contributed by atoms with Gasteiger partial charge in [0.2, 0.25) is 0 Å². The molecule has 3 heterocycles. The summed E-state index contributed by atoms with van der Waals surface area (Å²) in [5, 5.41) is 0.444. The van der Waals surface area contributed by atoms with Gasteiger partial charge in [-0.25, -0.2) is 4.98 Å². The third kappa shape index (κ3) is 4.76. The molecule has 2 aromatic heterocycles. The second kappa shape index (κ2) is 8.70. The third-order valence-electron chi connectivity index (χ3n) is 5.40. The lowest BCUT2D eigenvalue weighted by Crippen LogP contribution is -2.42. The van der Waals surface area contributed by atoms with Gasteiger partial charge >= 0.3 is 6.36 Å². The molecule has 1 aromatic carbocycles. The number of thiophene rings is 1. The summed E-state index contributed by atoms with van der Waals surface area (Å²) in [5.41, 5.74) is 0.808. The number of rotatable bonds is 6. The number of hydrogen-bond donors (Lipinski definition) is 0. The minimum atomic E-state index is -4.81. The molecule has 33 heavy (non-hydrogen) atoms. The first-order valence-corrected chi connectivity index (χ1v) is 12.2. The molecule has 0 unspecified atom stereocenters. The van der Waals surface area contributed by atoms with Crippen LogP contribution >= 0.6 is 11.3 Å². The summed E-state index contributed by atoms with van der Waals surface area (Å²) < 4.78 is 70.9. The van der Waals surface area contributed by atoms with Gasteiger partial charge in [0, 0.05) is 38.6 Å². The topological polar surface area (TPSA) is 84.7 Å². The number of hydrogen-bond acceptors (Lipinski definition) is 6. The monoisotopic (exact) mass is 502 g/mol. The second-order valence-electron chi connectivity index (χ2n) is 7.71. The highest BCUT2D eigenvalue weighted by Gasteiger charge is 2.33. The Morgan fingerprint density at radius 2 is 1.97 bits per heavy atom. The number of aryl methyl sites for hydroxylation is 2. The number of nitrogens with zero attached hydrogens (tertiary/aromatic N) is 4. The summed E-state index contributed by atoms with van der Waals surface area (Å²) in [7, 11) is -0.645. The van der Waals surface area contributed by atoms with Crippen LogP contribution in [0.25, 0.3) is 10.2 Å². The predicted molar refractivity (Wildman–Crippen MR) is 117 cm³/mol. The zero-order chi connectivity index (χ0) is 24.0. The molecule has 4 rings (SSSR count). The molecule has 0 spiro atoms. The fraction of sp³-hybridized carbons (Fsp3) is 0.400. The second-order valence-corrected chi connectivity index (χ2v) is 10.9. The number of benzene rings is 1. The zero-order valence-corrected chi connectivity index (χ0v) is 19.4. The van der Waals surface area contributed by atoms with Gasteiger partial charge in [-0.05, 0) is 30.0 Å². The van der Waals surface area contributed by atoms with Gasteiger partial charge in [0.05, 0.1) is 11.7 Å². The van der Waals surface area contributed by atoms with Crippen molar-refractivity contribution in [3.8, 4) is 5.75 Å². The Labute approximate surface area is 192 Å². The fourth-order valence-electron chi connectivity index (χ4n) is 3.76. The Balaban J connectivity index is 1.60. The van der Waals surface area contributed by atoms with Gasteiger partial charge in [-0.1, -0.05) is 18.2 Å². The van der Waals surface area contributed by atoms with Gasteiger partial charge in [0.15, 0.2) is 0 Å². The van der Waals surface area contributed by atoms with Gasteiger partial charge in [-0.3, -0.25) is 9.36 Å². The Kier molecular flexibility index (Phi) is 6.24. The fourth-order valence-corrected chi connectivity index (χ4v) is 6.11. The highest BCUT2D eigenvalue weighted by molar-refractivity contribution is 7.86. The highest BCUT2D eigenvalue weighted by atomic mass is 32.2. The standard InChI is InChI=1S/C20H21F3N4O4S2/c1-25(2)33(29,30)27-10-8-14-16(11-27)32-18-17(14)19(28)26(12-24-18)9-7-13-5-3-4-6-15(13)31-20(21,22)23/h3-6,12H,7-11H2,1-2H3. The van der Waals surface area contributed by atoms with Crippen molar-refractivity contribution in [1.82, 2.24) is 18.2 Å². The molecule has 8 nitrogen and oxygen atoms in total. The SMILES string of the molecule is CN(C)S(=O)(=O)N1CCc2c(sc3ncn(CCc4ccccc4OC(F)(F)F)c(=O)c23)C1. The van der Waals surface area contributed by atoms with E-state index in [0.717, 1.165) is 14.7 Å². The molecule has 0 amide bonds. The van der Waals surface area contributed by atoms with E-state index in [9.17, 15) is 26.4 Å². The Bertz CT molecular complexity index is 1350. The van der Waals surface area contributed by atoms with Crippen molar-refractivity contribution in [3.05, 3.63) is 57.0 Å². The van der Waals surface area contributed by atoms with Crippen molar-refractivity contribution in [2.75, 3.05) is 20.6 Å². The number of alkyl halides is 3. The molecule has 0 atom stereocenters. The minimum Gasteiger partial charge on any atom is -0.406 e. The van der Waals surface area contributed by atoms with Gasteiger partial charge in [0.1, 0.15) is 10.6 Å². The molecule has 0 saturated carbocycles. The molecule has 1 aliphatic rings. The molecule has 0 fully saturated rings. The highest BCUT2D eigenvalue weighted by Crippen LogP contribution is 2.33. The average molecular weight is 503 g/mol. The number of para-hydroxylation sites is 1. The smallest absolute Gasteiger partial charge is 0.406 e. The van der Waals surface area contributed by atoms with Crippen molar-refractivity contribution in [1.29, 1.82) is 0 Å². The maximum atomic E-state index is 13.2. The van der Waals surface area contributed by atoms with E-state index < -0.39 is 16.6 Å². The molecule has 0 aliphatic carbocycles. The maximum absolute atomic E-state index is 13.2. The summed E-state index contributed by atoms with van der Waals surface area (Å²) in [6.45, 7) is 0.528. The van der Waals surface area contributed by atoms with Gasteiger partial charge < -0.3 is 4.74 Å². The van der Waals surface area contributed by atoms with Crippen LogP contribution in [0.4, 0.5) is 13.2 Å². The van der Waals surface area contributed by atoms with Crippen LogP contribution in [0.2, 0.25) is 0 Å². The molecular formula is C20H21F3N4O4S2. The first-order chi connectivity index (χ1) is 15.5. The van der Waals surface area contributed by atoms with E-state index in [1.165, 1.54) is 58.8 Å². The molecule has 3 aromatic rings. The van der Waals surface area contributed by atoms with Gasteiger partial charge in [0.25, 0.3) is 15.8 Å². The number of fused-ring (bicyclic) bond motifs is 3. The Morgan fingerprint density at radius 1 is 1.24 bits per heavy atom. The largest absolute Gasteiger partial charge is 0.573 e. The van der Waals surface area contributed by atoms with Crippen molar-refractivity contribution in [3.63, 3.8) is 0 Å². The lowest BCUT2D eigenvalue weighted by atomic mass is 10.1. The molecule has 1 aliphatic heterocycles. The zero-order valence-electron chi connectivity index (χ0n) is 17.8. The van der Waals surface area contributed by atoms with E-state index in [1.807, 2.05) is 0 Å². The summed E-state index contributed by atoms with van der Waals surface area (Å²) in [6.07, 6.45) is -2.92. The number of halogens is 3. The van der Waals surface area contributed by atoms with Crippen molar-refractivity contribution >= 4 is 31.8 Å². The third-order valence-corrected chi connectivity index (χ3v) is 8.41. The first kappa shape index (κ1) is 23.7. The van der Waals surface area contributed by atoms with Gasteiger partial charge in [-0.2, -0.15) is 17.0 Å². The van der Waals surface area contributed by atoms with Crippen molar-refractivity contribution < 1.29 is 26.3 Å². The van der Waals surface area contributed by atoms with E-state index in [0.29, 0.717) is 22.2 Å². The molecule has 13 heteroatoms. The van der Waals surface area contributed by atoms with E-state index in [4.69, 9.17) is 0 Å². The van der Waals surface area contributed by atoms with Crippen LogP contribution in [0.1, 0.15) is 16.0 Å². The van der Waals surface area contributed by atoms with Crippen LogP contribution in [0, 0.1) is 0 Å². The Hall–Kier alpha value is -2.48. The molecular weight excluding hydrogens is 481 g/mol. The van der Waals surface area contributed by atoms with Crippen LogP contribution in [0.15, 0.2) is 35.4 Å². The van der Waals surface area contributed by atoms with Gasteiger partial charge in [-0.15, -0.1) is 24.5 Å².